The molecular weight excluding hydrogens is 164 g/mol. The molecule has 0 saturated heterocycles. The summed E-state index contributed by atoms with van der Waals surface area (Å²) in [5.41, 5.74) is 0. The standard InChI is InChI=1S/C10H14N2O/c1-8(6-11)12(3)7-10-5-4-9(2)13-10/h4-5,8H,7H2,1-3H3. The van der Waals surface area contributed by atoms with E-state index < -0.39 is 0 Å². The number of hydrogen-bond donors (Lipinski definition) is 0. The molecule has 1 unspecified atom stereocenters. The van der Waals surface area contributed by atoms with Crippen LogP contribution in [-0.2, 0) is 6.54 Å². The van der Waals surface area contributed by atoms with Crippen LogP contribution >= 0.6 is 0 Å². The number of aryl methyl sites for hydroxylation is 1. The first-order chi connectivity index (χ1) is 6.13. The van der Waals surface area contributed by atoms with E-state index in [-0.39, 0.29) is 6.04 Å². The monoisotopic (exact) mass is 178 g/mol. The van der Waals surface area contributed by atoms with Gasteiger partial charge in [-0.15, -0.1) is 0 Å². The van der Waals surface area contributed by atoms with Gasteiger partial charge in [0.05, 0.1) is 18.7 Å². The molecule has 0 amide bonds. The van der Waals surface area contributed by atoms with E-state index in [4.69, 9.17) is 9.68 Å². The Morgan fingerprint density at radius 1 is 1.62 bits per heavy atom. The first-order valence-corrected chi connectivity index (χ1v) is 4.28. The second kappa shape index (κ2) is 4.11. The van der Waals surface area contributed by atoms with E-state index in [1.54, 1.807) is 0 Å². The van der Waals surface area contributed by atoms with Gasteiger partial charge in [0.25, 0.3) is 0 Å². The molecule has 1 atom stereocenters. The Morgan fingerprint density at radius 2 is 2.31 bits per heavy atom. The van der Waals surface area contributed by atoms with Gasteiger partial charge in [-0.05, 0) is 33.0 Å². The molecule has 0 aliphatic rings. The fourth-order valence-corrected chi connectivity index (χ4v) is 1.05. The molecule has 3 nitrogen and oxygen atoms in total. The third kappa shape index (κ3) is 2.60. The van der Waals surface area contributed by atoms with Gasteiger partial charge in [-0.2, -0.15) is 5.26 Å². The average molecular weight is 178 g/mol. The van der Waals surface area contributed by atoms with E-state index in [1.807, 2.05) is 37.9 Å². The zero-order chi connectivity index (χ0) is 9.84. The summed E-state index contributed by atoms with van der Waals surface area (Å²) in [4.78, 5) is 1.94. The molecule has 0 aliphatic heterocycles. The van der Waals surface area contributed by atoms with Crippen molar-refractivity contribution in [3.05, 3.63) is 23.7 Å². The summed E-state index contributed by atoms with van der Waals surface area (Å²) < 4.78 is 5.40. The lowest BCUT2D eigenvalue weighted by Crippen LogP contribution is -2.26. The van der Waals surface area contributed by atoms with E-state index in [0.29, 0.717) is 6.54 Å². The molecule has 1 aromatic rings. The SMILES string of the molecule is Cc1ccc(CN(C)C(C)C#N)o1. The maximum Gasteiger partial charge on any atom is 0.118 e. The Balaban J connectivity index is 2.55. The van der Waals surface area contributed by atoms with Crippen LogP contribution in [0.25, 0.3) is 0 Å². The second-order valence-electron chi connectivity index (χ2n) is 3.23. The summed E-state index contributed by atoms with van der Waals surface area (Å²) in [6.07, 6.45) is 0. The van der Waals surface area contributed by atoms with Gasteiger partial charge in [0, 0.05) is 0 Å². The van der Waals surface area contributed by atoms with Crippen LogP contribution in [-0.4, -0.2) is 18.0 Å². The Morgan fingerprint density at radius 3 is 2.77 bits per heavy atom. The fraction of sp³-hybridized carbons (Fsp3) is 0.500. The van der Waals surface area contributed by atoms with Gasteiger partial charge in [0.2, 0.25) is 0 Å². The van der Waals surface area contributed by atoms with Gasteiger partial charge in [0.1, 0.15) is 11.5 Å². The van der Waals surface area contributed by atoms with E-state index in [1.165, 1.54) is 0 Å². The van der Waals surface area contributed by atoms with Crippen molar-refractivity contribution in [2.24, 2.45) is 0 Å². The predicted molar refractivity (Wildman–Crippen MR) is 50.0 cm³/mol. The van der Waals surface area contributed by atoms with E-state index in [2.05, 4.69) is 6.07 Å². The number of hydrogen-bond acceptors (Lipinski definition) is 3. The van der Waals surface area contributed by atoms with Crippen LogP contribution in [0.1, 0.15) is 18.4 Å². The molecule has 1 heterocycles. The third-order valence-electron chi connectivity index (χ3n) is 2.05. The summed E-state index contributed by atoms with van der Waals surface area (Å²) in [5.74, 6) is 1.81. The predicted octanol–water partition coefficient (Wildman–Crippen LogP) is 1.93. The van der Waals surface area contributed by atoms with Crippen molar-refractivity contribution in [2.75, 3.05) is 7.05 Å². The lowest BCUT2D eigenvalue weighted by molar-refractivity contribution is 0.266. The lowest BCUT2D eigenvalue weighted by Gasteiger charge is -2.16. The van der Waals surface area contributed by atoms with Crippen LogP contribution in [0.3, 0.4) is 0 Å². The number of nitriles is 1. The van der Waals surface area contributed by atoms with Crippen LogP contribution in [0.4, 0.5) is 0 Å². The highest BCUT2D eigenvalue weighted by Gasteiger charge is 2.09. The number of rotatable bonds is 3. The van der Waals surface area contributed by atoms with Crippen LogP contribution in [0.2, 0.25) is 0 Å². The molecule has 13 heavy (non-hydrogen) atoms. The summed E-state index contributed by atoms with van der Waals surface area (Å²) >= 11 is 0. The van der Waals surface area contributed by atoms with Crippen molar-refractivity contribution in [1.82, 2.24) is 4.90 Å². The molecule has 0 radical (unpaired) electrons. The molecule has 1 rings (SSSR count). The summed E-state index contributed by atoms with van der Waals surface area (Å²) in [6, 6.07) is 5.97. The van der Waals surface area contributed by atoms with Crippen molar-refractivity contribution in [1.29, 1.82) is 5.26 Å². The van der Waals surface area contributed by atoms with Crippen molar-refractivity contribution >= 4 is 0 Å². The molecule has 0 aliphatic carbocycles. The Labute approximate surface area is 78.6 Å². The summed E-state index contributed by atoms with van der Waals surface area (Å²) in [7, 11) is 1.91. The molecule has 0 saturated carbocycles. The molecule has 0 spiro atoms. The first-order valence-electron chi connectivity index (χ1n) is 4.28. The Hall–Kier alpha value is -1.27. The lowest BCUT2D eigenvalue weighted by atomic mass is 10.3. The average Bonchev–Trinajstić information content (AvgIpc) is 2.49. The summed E-state index contributed by atoms with van der Waals surface area (Å²) in [5, 5.41) is 8.67. The van der Waals surface area contributed by atoms with Crippen LogP contribution < -0.4 is 0 Å². The van der Waals surface area contributed by atoms with Gasteiger partial charge >= 0.3 is 0 Å². The van der Waals surface area contributed by atoms with Crippen molar-refractivity contribution < 1.29 is 4.42 Å². The maximum absolute atomic E-state index is 8.67. The zero-order valence-corrected chi connectivity index (χ0v) is 8.24. The van der Waals surface area contributed by atoms with E-state index in [0.717, 1.165) is 11.5 Å². The normalized spacial score (nSPS) is 12.8. The van der Waals surface area contributed by atoms with Gasteiger partial charge in [-0.25, -0.2) is 0 Å². The van der Waals surface area contributed by atoms with Crippen LogP contribution in [0, 0.1) is 18.3 Å². The second-order valence-corrected chi connectivity index (χ2v) is 3.23. The van der Waals surface area contributed by atoms with Gasteiger partial charge in [-0.1, -0.05) is 0 Å². The number of nitrogens with zero attached hydrogens (tertiary/aromatic N) is 2. The zero-order valence-electron chi connectivity index (χ0n) is 8.24. The molecule has 0 fully saturated rings. The number of furan rings is 1. The topological polar surface area (TPSA) is 40.2 Å². The largest absolute Gasteiger partial charge is 0.465 e. The summed E-state index contributed by atoms with van der Waals surface area (Å²) in [6.45, 7) is 4.47. The Kier molecular flexibility index (Phi) is 3.10. The minimum absolute atomic E-state index is 0.0783. The fourth-order valence-electron chi connectivity index (χ4n) is 1.05. The minimum Gasteiger partial charge on any atom is -0.465 e. The molecule has 0 aromatic carbocycles. The smallest absolute Gasteiger partial charge is 0.118 e. The molecule has 0 N–H and O–H groups in total. The molecular formula is C10H14N2O. The highest BCUT2D eigenvalue weighted by molar-refractivity contribution is 5.05. The molecule has 1 aromatic heterocycles. The maximum atomic E-state index is 8.67. The highest BCUT2D eigenvalue weighted by atomic mass is 16.3. The van der Waals surface area contributed by atoms with Gasteiger partial charge in [0.15, 0.2) is 0 Å². The highest BCUT2D eigenvalue weighted by Crippen LogP contribution is 2.09. The molecule has 3 heteroatoms. The first kappa shape index (κ1) is 9.82. The van der Waals surface area contributed by atoms with Gasteiger partial charge < -0.3 is 4.42 Å². The van der Waals surface area contributed by atoms with Crippen LogP contribution in [0.5, 0.6) is 0 Å². The van der Waals surface area contributed by atoms with E-state index in [9.17, 15) is 0 Å². The third-order valence-corrected chi connectivity index (χ3v) is 2.05. The van der Waals surface area contributed by atoms with Gasteiger partial charge in [-0.3, -0.25) is 4.90 Å². The van der Waals surface area contributed by atoms with E-state index >= 15 is 0 Å². The molecule has 0 bridgehead atoms. The van der Waals surface area contributed by atoms with Crippen molar-refractivity contribution in [3.63, 3.8) is 0 Å². The van der Waals surface area contributed by atoms with Crippen LogP contribution in [0.15, 0.2) is 16.5 Å². The van der Waals surface area contributed by atoms with Crippen molar-refractivity contribution in [3.8, 4) is 6.07 Å². The van der Waals surface area contributed by atoms with Crippen molar-refractivity contribution in [2.45, 2.75) is 26.4 Å². The molecule has 70 valence electrons. The minimum atomic E-state index is -0.0783. The quantitative estimate of drug-likeness (QED) is 0.710. The Bertz CT molecular complexity index is 311.